The first-order valence-corrected chi connectivity index (χ1v) is 9.62. The van der Waals surface area contributed by atoms with Crippen LogP contribution < -0.4 is 4.74 Å². The van der Waals surface area contributed by atoms with Gasteiger partial charge in [-0.2, -0.15) is 0 Å². The van der Waals surface area contributed by atoms with Crippen molar-refractivity contribution in [3.63, 3.8) is 0 Å². The molecule has 0 aliphatic rings. The summed E-state index contributed by atoms with van der Waals surface area (Å²) in [5, 5.41) is 0. The zero-order valence-corrected chi connectivity index (χ0v) is 15.2. The molecule has 1 unspecified atom stereocenters. The number of ether oxygens (including phenoxy) is 2. The summed E-state index contributed by atoms with van der Waals surface area (Å²) < 4.78 is 24.7. The maximum atomic E-state index is 12.2. The third kappa shape index (κ3) is 4.05. The summed E-state index contributed by atoms with van der Waals surface area (Å²) >= 11 is 0. The van der Waals surface area contributed by atoms with Crippen molar-refractivity contribution in [1.29, 1.82) is 0 Å². The number of rotatable bonds is 8. The third-order valence-corrected chi connectivity index (χ3v) is 4.63. The second kappa shape index (κ2) is 8.22. The van der Waals surface area contributed by atoms with Gasteiger partial charge in [0.15, 0.2) is 5.82 Å². The molecule has 3 rings (SSSR count). The van der Waals surface area contributed by atoms with Gasteiger partial charge in [0.25, 0.3) is 0 Å². The van der Waals surface area contributed by atoms with Gasteiger partial charge in [0.2, 0.25) is 0 Å². The minimum atomic E-state index is -1.24. The van der Waals surface area contributed by atoms with E-state index >= 15 is 0 Å². The average molecular weight is 359 g/mol. The van der Waals surface area contributed by atoms with Crippen molar-refractivity contribution in [3.05, 3.63) is 42.6 Å². The molecule has 1 aromatic carbocycles. The Kier molecular flexibility index (Phi) is 5.78. The normalized spacial score (nSPS) is 12.4. The number of aromatic nitrogens is 3. The monoisotopic (exact) mass is 359 g/mol. The van der Waals surface area contributed by atoms with Crippen LogP contribution in [0.25, 0.3) is 22.6 Å². The molecule has 0 radical (unpaired) electrons. The van der Waals surface area contributed by atoms with Crippen LogP contribution in [-0.2, 0) is 15.7 Å². The molecular weight excluding hydrogens is 338 g/mol. The van der Waals surface area contributed by atoms with E-state index in [9.17, 15) is 4.21 Å². The first-order chi connectivity index (χ1) is 12.2. The number of fused-ring (bicyclic) bond motifs is 1. The number of hydrogen-bond acceptors (Lipinski definition) is 5. The van der Waals surface area contributed by atoms with Crippen LogP contribution in [0, 0.1) is 0 Å². The molecule has 0 amide bonds. The zero-order valence-electron chi connectivity index (χ0n) is 14.3. The lowest BCUT2D eigenvalue weighted by molar-refractivity contribution is 0.184. The summed E-state index contributed by atoms with van der Waals surface area (Å²) in [4.78, 5) is 8.99. The van der Waals surface area contributed by atoms with E-state index in [1.165, 1.54) is 0 Å². The second-order valence-corrected chi connectivity index (χ2v) is 6.78. The molecule has 3 aromatic rings. The summed E-state index contributed by atoms with van der Waals surface area (Å²) in [6, 6.07) is 11.3. The van der Waals surface area contributed by atoms with E-state index in [1.807, 2.05) is 36.4 Å². The predicted octanol–water partition coefficient (Wildman–Crippen LogP) is 3.05. The number of hydrogen-bond donors (Lipinski definition) is 0. The number of benzene rings is 1. The molecular formula is C18H21N3O3S. The van der Waals surface area contributed by atoms with E-state index in [0.717, 1.165) is 36.2 Å². The summed E-state index contributed by atoms with van der Waals surface area (Å²) in [6.07, 6.45) is 5.19. The van der Waals surface area contributed by atoms with Gasteiger partial charge in [0.1, 0.15) is 22.4 Å². The topological polar surface area (TPSA) is 66.2 Å². The molecule has 2 aromatic heterocycles. The van der Waals surface area contributed by atoms with E-state index in [1.54, 1.807) is 23.5 Å². The molecule has 0 saturated carbocycles. The molecule has 0 aliphatic heterocycles. The molecule has 0 aliphatic carbocycles. The fourth-order valence-corrected chi connectivity index (χ4v) is 3.40. The molecule has 6 nitrogen and oxygen atoms in total. The zero-order chi connectivity index (χ0) is 17.6. The fourth-order valence-electron chi connectivity index (χ4n) is 2.59. The van der Waals surface area contributed by atoms with E-state index in [2.05, 4.69) is 9.97 Å². The van der Waals surface area contributed by atoms with E-state index in [0.29, 0.717) is 18.1 Å². The molecule has 0 N–H and O–H groups in total. The maximum Gasteiger partial charge on any atom is 0.172 e. The Balaban J connectivity index is 1.87. The molecule has 0 saturated heterocycles. The molecule has 0 fully saturated rings. The van der Waals surface area contributed by atoms with Gasteiger partial charge in [-0.3, -0.25) is 4.98 Å². The predicted molar refractivity (Wildman–Crippen MR) is 99.0 cm³/mol. The van der Waals surface area contributed by atoms with Crippen molar-refractivity contribution in [2.75, 3.05) is 26.6 Å². The Labute approximate surface area is 149 Å². The van der Waals surface area contributed by atoms with Crippen LogP contribution >= 0.6 is 0 Å². The maximum absolute atomic E-state index is 12.2. The van der Waals surface area contributed by atoms with Crippen molar-refractivity contribution in [1.82, 2.24) is 13.9 Å². The first-order valence-electron chi connectivity index (χ1n) is 8.10. The molecule has 132 valence electrons. The van der Waals surface area contributed by atoms with Crippen molar-refractivity contribution in [2.24, 2.45) is 0 Å². The molecule has 0 spiro atoms. The van der Waals surface area contributed by atoms with Crippen LogP contribution in [0.3, 0.4) is 0 Å². The van der Waals surface area contributed by atoms with Crippen LogP contribution in [0.1, 0.15) is 12.8 Å². The van der Waals surface area contributed by atoms with Gasteiger partial charge in [-0.25, -0.2) is 13.2 Å². The van der Waals surface area contributed by atoms with Gasteiger partial charge in [-0.15, -0.1) is 0 Å². The van der Waals surface area contributed by atoms with Crippen molar-refractivity contribution >= 4 is 22.0 Å². The highest BCUT2D eigenvalue weighted by Crippen LogP contribution is 2.26. The largest absolute Gasteiger partial charge is 0.493 e. The Hall–Kier alpha value is -2.25. The van der Waals surface area contributed by atoms with Crippen molar-refractivity contribution in [2.45, 2.75) is 12.8 Å². The van der Waals surface area contributed by atoms with Crippen molar-refractivity contribution in [3.8, 4) is 17.3 Å². The third-order valence-electron chi connectivity index (χ3n) is 3.75. The van der Waals surface area contributed by atoms with Crippen LogP contribution in [0.2, 0.25) is 0 Å². The molecule has 1 atom stereocenters. The van der Waals surface area contributed by atoms with Gasteiger partial charge in [0, 0.05) is 32.2 Å². The van der Waals surface area contributed by atoms with Crippen LogP contribution in [0.5, 0.6) is 5.75 Å². The number of unbranched alkanes of at least 4 members (excludes halogenated alkanes) is 1. The van der Waals surface area contributed by atoms with E-state index in [-0.39, 0.29) is 0 Å². The highest BCUT2D eigenvalue weighted by Gasteiger charge is 2.16. The van der Waals surface area contributed by atoms with Gasteiger partial charge >= 0.3 is 0 Å². The van der Waals surface area contributed by atoms with Crippen LogP contribution in [0.15, 0.2) is 42.6 Å². The smallest absolute Gasteiger partial charge is 0.172 e. The minimum Gasteiger partial charge on any atom is -0.493 e. The number of methoxy groups -OCH3 is 1. The molecule has 0 bridgehead atoms. The summed E-state index contributed by atoms with van der Waals surface area (Å²) in [6.45, 7) is 1.35. The number of pyridine rings is 1. The van der Waals surface area contributed by atoms with Gasteiger partial charge in [-0.05, 0) is 31.0 Å². The summed E-state index contributed by atoms with van der Waals surface area (Å²) in [5.74, 6) is 1.30. The molecule has 25 heavy (non-hydrogen) atoms. The number of imidazole rings is 1. The van der Waals surface area contributed by atoms with E-state index in [4.69, 9.17) is 9.47 Å². The summed E-state index contributed by atoms with van der Waals surface area (Å²) in [7, 11) is 0.453. The second-order valence-electron chi connectivity index (χ2n) is 5.57. The van der Waals surface area contributed by atoms with Crippen LogP contribution in [-0.4, -0.2) is 44.7 Å². The number of nitrogens with zero attached hydrogens (tertiary/aromatic N) is 3. The number of para-hydroxylation sites is 2. The lowest BCUT2D eigenvalue weighted by Crippen LogP contribution is -2.05. The van der Waals surface area contributed by atoms with Gasteiger partial charge in [-0.1, -0.05) is 12.1 Å². The molecule has 2 heterocycles. The highest BCUT2D eigenvalue weighted by atomic mass is 32.2. The van der Waals surface area contributed by atoms with Crippen LogP contribution in [0.4, 0.5) is 0 Å². The Morgan fingerprint density at radius 1 is 1.16 bits per heavy atom. The Morgan fingerprint density at radius 3 is 2.76 bits per heavy atom. The van der Waals surface area contributed by atoms with Crippen molar-refractivity contribution < 1.29 is 13.7 Å². The quantitative estimate of drug-likeness (QED) is 0.578. The fraction of sp³-hybridized carbons (Fsp3) is 0.333. The van der Waals surface area contributed by atoms with Gasteiger partial charge < -0.3 is 9.47 Å². The summed E-state index contributed by atoms with van der Waals surface area (Å²) in [5.41, 5.74) is 2.26. The van der Waals surface area contributed by atoms with E-state index < -0.39 is 11.0 Å². The lowest BCUT2D eigenvalue weighted by Gasteiger charge is -2.08. The molecule has 7 heteroatoms. The average Bonchev–Trinajstić information content (AvgIpc) is 3.01. The minimum absolute atomic E-state index is 0.576. The Bertz CT molecular complexity index is 879. The standard InChI is InChI=1S/C18H21N3O3S/c1-23-11-5-6-12-24-14-9-10-19-16(13-14)18-20-15-7-3-4-8-17(15)21(18)25(2)22/h3-4,7-10,13H,5-6,11-12H2,1-2H3. The Morgan fingerprint density at radius 2 is 1.96 bits per heavy atom. The first kappa shape index (κ1) is 17.6. The SMILES string of the molecule is COCCCCOc1ccnc(-c2nc3ccccc3n2S(C)=O)c1. The van der Waals surface area contributed by atoms with Gasteiger partial charge in [0.05, 0.1) is 17.6 Å². The lowest BCUT2D eigenvalue weighted by atomic mass is 10.3. The highest BCUT2D eigenvalue weighted by molar-refractivity contribution is 7.83.